The molecule has 6 nitrogen and oxygen atoms in total. The Labute approximate surface area is 208 Å². The van der Waals surface area contributed by atoms with Crippen LogP contribution in [0.1, 0.15) is 37.7 Å². The van der Waals surface area contributed by atoms with Crippen LogP contribution >= 0.6 is 0 Å². The van der Waals surface area contributed by atoms with Gasteiger partial charge in [0.2, 0.25) is 5.91 Å². The van der Waals surface area contributed by atoms with E-state index in [2.05, 4.69) is 47.4 Å². The van der Waals surface area contributed by atoms with Crippen molar-refractivity contribution in [3.05, 3.63) is 72.3 Å². The minimum absolute atomic E-state index is 0.0943. The average Bonchev–Trinajstić information content (AvgIpc) is 3.20. The van der Waals surface area contributed by atoms with Gasteiger partial charge in [-0.15, -0.1) is 0 Å². The Morgan fingerprint density at radius 1 is 1.00 bits per heavy atom. The average molecular weight is 477 g/mol. The van der Waals surface area contributed by atoms with Crippen molar-refractivity contribution in [2.75, 3.05) is 26.3 Å². The molecule has 1 aliphatic heterocycles. The molecule has 1 heterocycles. The van der Waals surface area contributed by atoms with Crippen molar-refractivity contribution in [1.82, 2.24) is 4.90 Å². The zero-order valence-corrected chi connectivity index (χ0v) is 20.3. The molecule has 0 unspecified atom stereocenters. The van der Waals surface area contributed by atoms with E-state index in [4.69, 9.17) is 15.2 Å². The highest BCUT2D eigenvalue weighted by Gasteiger charge is 2.45. The topological polar surface area (TPSA) is 81.9 Å². The Balaban J connectivity index is 1.38. The van der Waals surface area contributed by atoms with Crippen molar-refractivity contribution in [2.24, 2.45) is 11.7 Å². The number of ether oxygens (including phenoxy) is 2. The maximum atomic E-state index is 13.1. The summed E-state index contributed by atoms with van der Waals surface area (Å²) in [4.78, 5) is 26.3. The van der Waals surface area contributed by atoms with Crippen LogP contribution in [0.4, 0.5) is 0 Å². The molecular formula is C29H36N2O4. The first-order chi connectivity index (χ1) is 17.1. The Morgan fingerprint density at radius 2 is 1.69 bits per heavy atom. The van der Waals surface area contributed by atoms with E-state index >= 15 is 0 Å². The Kier molecular flexibility index (Phi) is 9.23. The van der Waals surface area contributed by atoms with Crippen molar-refractivity contribution in [1.29, 1.82) is 0 Å². The first kappa shape index (κ1) is 25.3. The minimum Gasteiger partial charge on any atom is -0.379 e. The third-order valence-corrected chi connectivity index (χ3v) is 6.97. The second-order valence-corrected chi connectivity index (χ2v) is 9.39. The summed E-state index contributed by atoms with van der Waals surface area (Å²) in [5, 5.41) is 0. The molecule has 0 aromatic heterocycles. The molecule has 0 radical (unpaired) electrons. The third kappa shape index (κ3) is 7.10. The molecule has 2 N–H and O–H groups in total. The number of hydrogen-bond acceptors (Lipinski definition) is 5. The number of carbonyl (C=O) groups is 2. The number of nitrogens with zero attached hydrogens (tertiary/aromatic N) is 1. The van der Waals surface area contributed by atoms with Crippen LogP contribution in [0.3, 0.4) is 0 Å². The van der Waals surface area contributed by atoms with E-state index in [-0.39, 0.29) is 29.8 Å². The van der Waals surface area contributed by atoms with Gasteiger partial charge in [-0.05, 0) is 36.0 Å². The van der Waals surface area contributed by atoms with Crippen LogP contribution in [-0.4, -0.2) is 55.0 Å². The van der Waals surface area contributed by atoms with Crippen LogP contribution in [0, 0.1) is 5.92 Å². The lowest BCUT2D eigenvalue weighted by Crippen LogP contribution is -2.49. The lowest BCUT2D eigenvalue weighted by atomic mass is 9.93. The van der Waals surface area contributed by atoms with Crippen molar-refractivity contribution < 1.29 is 19.1 Å². The van der Waals surface area contributed by atoms with Gasteiger partial charge in [0.05, 0.1) is 32.0 Å². The van der Waals surface area contributed by atoms with Crippen LogP contribution < -0.4 is 5.73 Å². The molecule has 4 rings (SSSR count). The summed E-state index contributed by atoms with van der Waals surface area (Å²) < 4.78 is 11.9. The van der Waals surface area contributed by atoms with Gasteiger partial charge in [0, 0.05) is 31.8 Å². The number of allylic oxidation sites excluding steroid dienone is 2. The van der Waals surface area contributed by atoms with Gasteiger partial charge in [-0.2, -0.15) is 0 Å². The molecule has 1 saturated carbocycles. The van der Waals surface area contributed by atoms with Gasteiger partial charge in [-0.1, -0.05) is 66.7 Å². The lowest BCUT2D eigenvalue weighted by molar-refractivity contribution is -0.124. The maximum absolute atomic E-state index is 13.1. The molecule has 35 heavy (non-hydrogen) atoms. The Morgan fingerprint density at radius 3 is 2.40 bits per heavy atom. The highest BCUT2D eigenvalue weighted by Crippen LogP contribution is 2.35. The van der Waals surface area contributed by atoms with E-state index < -0.39 is 0 Å². The number of Topliss-reactive ketones (excluding diaryl/α,β-unsaturated/α-hetero) is 1. The molecule has 6 heteroatoms. The van der Waals surface area contributed by atoms with Gasteiger partial charge in [-0.25, -0.2) is 0 Å². The number of rotatable bonds is 11. The predicted molar refractivity (Wildman–Crippen MR) is 137 cm³/mol. The van der Waals surface area contributed by atoms with E-state index in [1.165, 1.54) is 11.1 Å². The zero-order chi connectivity index (χ0) is 24.5. The van der Waals surface area contributed by atoms with Gasteiger partial charge in [-0.3, -0.25) is 14.5 Å². The van der Waals surface area contributed by atoms with Gasteiger partial charge in [0.1, 0.15) is 0 Å². The van der Waals surface area contributed by atoms with Crippen LogP contribution in [0.5, 0.6) is 0 Å². The summed E-state index contributed by atoms with van der Waals surface area (Å²) >= 11 is 0. The van der Waals surface area contributed by atoms with E-state index in [1.807, 2.05) is 24.3 Å². The highest BCUT2D eigenvalue weighted by molar-refractivity contribution is 5.87. The van der Waals surface area contributed by atoms with Crippen LogP contribution in [-0.2, 0) is 25.7 Å². The van der Waals surface area contributed by atoms with Gasteiger partial charge < -0.3 is 15.2 Å². The second kappa shape index (κ2) is 12.8. The van der Waals surface area contributed by atoms with Gasteiger partial charge in [0.25, 0.3) is 0 Å². The zero-order valence-electron chi connectivity index (χ0n) is 20.3. The smallest absolute Gasteiger partial charge is 0.217 e. The maximum Gasteiger partial charge on any atom is 0.217 e. The first-order valence-corrected chi connectivity index (χ1v) is 12.7. The number of nitrogens with two attached hydrogens (primary N) is 1. The molecule has 2 aromatic carbocycles. The number of ketones is 1. The van der Waals surface area contributed by atoms with Crippen molar-refractivity contribution in [2.45, 2.75) is 50.9 Å². The normalized spacial score (nSPS) is 23.2. The van der Waals surface area contributed by atoms with Crippen molar-refractivity contribution in [3.63, 3.8) is 0 Å². The van der Waals surface area contributed by atoms with E-state index in [9.17, 15) is 9.59 Å². The largest absolute Gasteiger partial charge is 0.379 e. The minimum atomic E-state index is -0.284. The molecule has 3 atom stereocenters. The fourth-order valence-corrected chi connectivity index (χ4v) is 5.15. The molecule has 1 saturated heterocycles. The van der Waals surface area contributed by atoms with Gasteiger partial charge in [0.15, 0.2) is 5.78 Å². The summed E-state index contributed by atoms with van der Waals surface area (Å²) in [6.07, 6.45) is 7.22. The highest BCUT2D eigenvalue weighted by atomic mass is 16.5. The molecular weight excluding hydrogens is 440 g/mol. The quantitative estimate of drug-likeness (QED) is 0.493. The molecule has 186 valence electrons. The second-order valence-electron chi connectivity index (χ2n) is 9.39. The van der Waals surface area contributed by atoms with Crippen molar-refractivity contribution >= 4 is 11.7 Å². The van der Waals surface area contributed by atoms with Crippen LogP contribution in [0.2, 0.25) is 0 Å². The summed E-state index contributed by atoms with van der Waals surface area (Å²) in [6.45, 7) is 3.41. The van der Waals surface area contributed by atoms with E-state index in [0.29, 0.717) is 39.1 Å². The third-order valence-electron chi connectivity index (χ3n) is 6.97. The van der Waals surface area contributed by atoms with Crippen LogP contribution in [0.15, 0.2) is 66.7 Å². The number of hydrogen-bond donors (Lipinski definition) is 1. The molecule has 2 aromatic rings. The number of amides is 1. The molecule has 2 aliphatic rings. The number of benzene rings is 2. The summed E-state index contributed by atoms with van der Waals surface area (Å²) in [5.74, 6) is 0.137. The van der Waals surface area contributed by atoms with Gasteiger partial charge >= 0.3 is 0 Å². The summed E-state index contributed by atoms with van der Waals surface area (Å²) in [7, 11) is 0. The van der Waals surface area contributed by atoms with E-state index in [1.54, 1.807) is 0 Å². The Bertz CT molecular complexity index is 984. The first-order valence-electron chi connectivity index (χ1n) is 12.7. The number of primary amides is 1. The molecule has 0 spiro atoms. The molecule has 1 aliphatic carbocycles. The fraction of sp³-hybridized carbons (Fsp3) is 0.448. The monoisotopic (exact) mass is 476 g/mol. The predicted octanol–water partition coefficient (Wildman–Crippen LogP) is 4.13. The molecule has 0 bridgehead atoms. The number of morpholine rings is 1. The summed E-state index contributed by atoms with van der Waals surface area (Å²) in [6, 6.07) is 18.7. The van der Waals surface area contributed by atoms with Crippen molar-refractivity contribution in [3.8, 4) is 11.1 Å². The van der Waals surface area contributed by atoms with Crippen LogP contribution in [0.25, 0.3) is 11.1 Å². The Hall–Kier alpha value is -2.80. The standard InChI is InChI=1S/C29H36N2O4/c30-28(33)11-7-2-1-6-10-25-27(20-26(32)29(25)31-16-18-34-19-17-31)35-21-22-12-14-24(15-13-22)23-8-4-3-5-9-23/h1-5,8-9,12-15,25,27,29H,6-7,10-11,16-21H2,(H2,30,33)/t25-,27-,29+/m0/s1. The fourth-order valence-electron chi connectivity index (χ4n) is 5.15. The SMILES string of the molecule is NC(=O)CCC=CCC[C@H]1[C@@H](OCc2ccc(-c3ccccc3)cc2)CC(=O)[C@@H]1N1CCOCC1. The molecule has 1 amide bonds. The molecule has 2 fully saturated rings. The number of carbonyl (C=O) groups excluding carboxylic acids is 2. The van der Waals surface area contributed by atoms with E-state index in [0.717, 1.165) is 31.5 Å². The summed E-state index contributed by atoms with van der Waals surface area (Å²) in [5.41, 5.74) is 8.70. The lowest BCUT2D eigenvalue weighted by Gasteiger charge is -2.35.